The van der Waals surface area contributed by atoms with Crippen molar-refractivity contribution in [2.24, 2.45) is 4.99 Å². The van der Waals surface area contributed by atoms with Gasteiger partial charge in [-0.25, -0.2) is 4.99 Å². The molecule has 0 radical (unpaired) electrons. The Hall–Kier alpha value is -0.870. The third kappa shape index (κ3) is 1.96. The van der Waals surface area contributed by atoms with E-state index < -0.39 is 6.14 Å². The van der Waals surface area contributed by atoms with Gasteiger partial charge in [-0.3, -0.25) is 4.90 Å². The maximum atomic E-state index is 8.34. The zero-order chi connectivity index (χ0) is 10.9. The van der Waals surface area contributed by atoms with Crippen LogP contribution in [0.4, 0.5) is 0 Å². The third-order valence-corrected chi connectivity index (χ3v) is 2.68. The number of hydrogen-bond acceptors (Lipinski definition) is 4. The van der Waals surface area contributed by atoms with Gasteiger partial charge in [0.25, 0.3) is 0 Å². The Morgan fingerprint density at radius 1 is 1.57 bits per heavy atom. The standard InChI is InChI=1S/C10H18N4/c1-8-6-14(9(2)5-12-8)10-3-4-11-7-13-10/h3-4,7-10,12H,5-6H2,1-2H3,(H,11,13)/t8-,9-,10?/m1/s1/i10D. The molecule has 4 heteroatoms. The van der Waals surface area contributed by atoms with Crippen molar-refractivity contribution in [3.63, 3.8) is 0 Å². The maximum absolute atomic E-state index is 8.34. The zero-order valence-electron chi connectivity index (χ0n) is 9.70. The molecule has 0 saturated carbocycles. The fraction of sp³-hybridized carbons (Fsp3) is 0.700. The Morgan fingerprint density at radius 2 is 2.43 bits per heavy atom. The van der Waals surface area contributed by atoms with E-state index >= 15 is 0 Å². The van der Waals surface area contributed by atoms with Gasteiger partial charge in [0, 0.05) is 31.4 Å². The van der Waals surface area contributed by atoms with Crippen molar-refractivity contribution in [2.45, 2.75) is 32.1 Å². The summed E-state index contributed by atoms with van der Waals surface area (Å²) in [6, 6.07) is 0.778. The van der Waals surface area contributed by atoms with Gasteiger partial charge in [0.05, 0.1) is 7.71 Å². The fourth-order valence-electron chi connectivity index (χ4n) is 1.84. The molecule has 0 aliphatic carbocycles. The summed E-state index contributed by atoms with van der Waals surface area (Å²) in [6.07, 6.45) is 4.23. The minimum absolute atomic E-state index is 0.349. The number of aliphatic imine (C=N–C) groups is 1. The highest BCUT2D eigenvalue weighted by Crippen LogP contribution is 2.11. The molecule has 0 amide bonds. The molecule has 0 aromatic heterocycles. The van der Waals surface area contributed by atoms with Crippen LogP contribution < -0.4 is 10.6 Å². The second-order valence-electron chi connectivity index (χ2n) is 3.93. The molecule has 4 nitrogen and oxygen atoms in total. The highest BCUT2D eigenvalue weighted by atomic mass is 15.3. The van der Waals surface area contributed by atoms with Crippen molar-refractivity contribution in [2.75, 3.05) is 13.1 Å². The van der Waals surface area contributed by atoms with Crippen molar-refractivity contribution in [3.8, 4) is 0 Å². The number of hydrogen-bond donors (Lipinski definition) is 2. The lowest BCUT2D eigenvalue weighted by Crippen LogP contribution is -2.60. The molecule has 0 bridgehead atoms. The summed E-state index contributed by atoms with van der Waals surface area (Å²) < 4.78 is 8.34. The van der Waals surface area contributed by atoms with Crippen molar-refractivity contribution in [3.05, 3.63) is 12.3 Å². The molecule has 78 valence electrons. The summed E-state index contributed by atoms with van der Waals surface area (Å²) in [4.78, 5) is 6.08. The van der Waals surface area contributed by atoms with Gasteiger partial charge in [-0.1, -0.05) is 0 Å². The summed E-state index contributed by atoms with van der Waals surface area (Å²) in [5, 5.41) is 6.41. The SMILES string of the molecule is [2H]C1(N2C[C@@H](C)NC[C@H]2C)C=CN=CN1. The molecular weight excluding hydrogens is 176 g/mol. The van der Waals surface area contributed by atoms with E-state index in [1.54, 1.807) is 18.6 Å². The minimum Gasteiger partial charge on any atom is -0.357 e. The van der Waals surface area contributed by atoms with Crippen LogP contribution >= 0.6 is 0 Å². The van der Waals surface area contributed by atoms with E-state index in [-0.39, 0.29) is 0 Å². The highest BCUT2D eigenvalue weighted by Gasteiger charge is 2.27. The molecule has 0 aromatic rings. The summed E-state index contributed by atoms with van der Waals surface area (Å²) in [6.45, 7) is 6.07. The summed E-state index contributed by atoms with van der Waals surface area (Å²) in [7, 11) is 0. The average molecular weight is 195 g/mol. The molecule has 1 unspecified atom stereocenters. The predicted molar refractivity (Wildman–Crippen MR) is 58.2 cm³/mol. The van der Waals surface area contributed by atoms with Gasteiger partial charge in [0.2, 0.25) is 0 Å². The maximum Gasteiger partial charge on any atom is 0.101 e. The Bertz CT molecular complexity index is 291. The molecule has 1 saturated heterocycles. The van der Waals surface area contributed by atoms with Crippen molar-refractivity contribution in [1.82, 2.24) is 15.5 Å². The van der Waals surface area contributed by atoms with E-state index in [0.717, 1.165) is 13.1 Å². The van der Waals surface area contributed by atoms with E-state index in [4.69, 9.17) is 1.37 Å². The van der Waals surface area contributed by atoms with E-state index in [2.05, 4.69) is 34.4 Å². The molecule has 3 atom stereocenters. The van der Waals surface area contributed by atoms with Crippen molar-refractivity contribution < 1.29 is 1.37 Å². The van der Waals surface area contributed by atoms with Gasteiger partial charge in [0.1, 0.15) is 6.14 Å². The summed E-state index contributed by atoms with van der Waals surface area (Å²) in [5.74, 6) is 0. The first-order valence-electron chi connectivity index (χ1n) is 5.59. The molecule has 2 N–H and O–H groups in total. The molecular formula is C10H18N4. The lowest BCUT2D eigenvalue weighted by atomic mass is 10.1. The van der Waals surface area contributed by atoms with Crippen LogP contribution in [0.25, 0.3) is 0 Å². The van der Waals surface area contributed by atoms with Gasteiger partial charge in [0.15, 0.2) is 0 Å². The summed E-state index contributed by atoms with van der Waals surface area (Å²) >= 11 is 0. The third-order valence-electron chi connectivity index (χ3n) is 2.68. The molecule has 1 fully saturated rings. The van der Waals surface area contributed by atoms with Crippen molar-refractivity contribution in [1.29, 1.82) is 0 Å². The number of piperazine rings is 1. The normalized spacial score (nSPS) is 44.6. The Kier molecular flexibility index (Phi) is 2.48. The number of nitrogens with zero attached hydrogens (tertiary/aromatic N) is 2. The topological polar surface area (TPSA) is 39.7 Å². The Labute approximate surface area is 86.5 Å². The van der Waals surface area contributed by atoms with Crippen LogP contribution in [0.1, 0.15) is 15.2 Å². The lowest BCUT2D eigenvalue weighted by molar-refractivity contribution is 0.109. The number of rotatable bonds is 1. The largest absolute Gasteiger partial charge is 0.357 e. The molecule has 2 aliphatic heterocycles. The van der Waals surface area contributed by atoms with Gasteiger partial charge < -0.3 is 10.6 Å². The monoisotopic (exact) mass is 195 g/mol. The van der Waals surface area contributed by atoms with E-state index in [1.807, 2.05) is 0 Å². The molecule has 2 heterocycles. The van der Waals surface area contributed by atoms with Crippen LogP contribution in [0.15, 0.2) is 17.3 Å². The Morgan fingerprint density at radius 3 is 3.14 bits per heavy atom. The average Bonchev–Trinajstić information content (AvgIpc) is 2.23. The smallest absolute Gasteiger partial charge is 0.101 e. The van der Waals surface area contributed by atoms with Gasteiger partial charge in [-0.05, 0) is 19.9 Å². The molecule has 0 spiro atoms. The van der Waals surface area contributed by atoms with Crippen LogP contribution in [0.2, 0.25) is 0 Å². The first kappa shape index (κ1) is 8.44. The van der Waals surface area contributed by atoms with Crippen LogP contribution in [0.3, 0.4) is 0 Å². The van der Waals surface area contributed by atoms with Crippen LogP contribution in [0.5, 0.6) is 0 Å². The quantitative estimate of drug-likeness (QED) is 0.625. The second-order valence-corrected chi connectivity index (χ2v) is 3.93. The first-order chi connectivity index (χ1) is 7.12. The van der Waals surface area contributed by atoms with E-state index in [0.29, 0.717) is 12.1 Å². The number of nitrogens with one attached hydrogen (secondary N) is 2. The predicted octanol–water partition coefficient (Wildman–Crippen LogP) is 0.140. The van der Waals surface area contributed by atoms with Gasteiger partial charge >= 0.3 is 0 Å². The lowest BCUT2D eigenvalue weighted by Gasteiger charge is -2.41. The minimum atomic E-state index is -0.836. The van der Waals surface area contributed by atoms with Crippen LogP contribution in [0, 0.1) is 0 Å². The van der Waals surface area contributed by atoms with E-state index in [1.165, 1.54) is 0 Å². The Balaban J connectivity index is 2.13. The fourth-order valence-corrected chi connectivity index (χ4v) is 1.84. The van der Waals surface area contributed by atoms with E-state index in [9.17, 15) is 0 Å². The first-order valence-corrected chi connectivity index (χ1v) is 5.09. The zero-order valence-corrected chi connectivity index (χ0v) is 8.70. The molecule has 14 heavy (non-hydrogen) atoms. The molecule has 2 aliphatic rings. The second kappa shape index (κ2) is 4.11. The molecule has 2 rings (SSSR count). The van der Waals surface area contributed by atoms with Gasteiger partial charge in [-0.15, -0.1) is 0 Å². The van der Waals surface area contributed by atoms with Gasteiger partial charge in [-0.2, -0.15) is 0 Å². The summed E-state index contributed by atoms with van der Waals surface area (Å²) in [5.41, 5.74) is 0. The van der Waals surface area contributed by atoms with Crippen LogP contribution in [-0.2, 0) is 0 Å². The van der Waals surface area contributed by atoms with Crippen molar-refractivity contribution >= 4 is 6.34 Å². The highest BCUT2D eigenvalue weighted by molar-refractivity contribution is 5.57. The molecule has 0 aromatic carbocycles. The van der Waals surface area contributed by atoms with Crippen LogP contribution in [-0.4, -0.2) is 42.6 Å².